The Kier molecular flexibility index (Phi) is 8.87. The second-order valence-corrected chi connectivity index (χ2v) is 3.39. The van der Waals surface area contributed by atoms with Gasteiger partial charge in [-0.15, -0.1) is 11.6 Å². The molecule has 0 aromatic rings. The highest BCUT2D eigenvalue weighted by atomic mass is 35.5. The van der Waals surface area contributed by atoms with Gasteiger partial charge in [0.2, 0.25) is 0 Å². The molecule has 2 N–H and O–H groups in total. The summed E-state index contributed by atoms with van der Waals surface area (Å²) in [5.74, 6) is 0.667. The predicted molar refractivity (Wildman–Crippen MR) is 52.8 cm³/mol. The van der Waals surface area contributed by atoms with Gasteiger partial charge in [-0.05, 0) is 12.8 Å². The number of unbranched alkanes of at least 4 members (excludes halogenated alkanes) is 2. The van der Waals surface area contributed by atoms with Crippen LogP contribution in [0, 0.1) is 0 Å². The van der Waals surface area contributed by atoms with Gasteiger partial charge in [0.1, 0.15) is 0 Å². The van der Waals surface area contributed by atoms with Crippen molar-refractivity contribution in [1.82, 2.24) is 0 Å². The minimum Gasteiger partial charge on any atom is -0.372 e. The molecule has 1 fully saturated rings. The van der Waals surface area contributed by atoms with Gasteiger partial charge in [0.25, 0.3) is 0 Å². The van der Waals surface area contributed by atoms with Crippen LogP contribution in [0.4, 0.5) is 0 Å². The summed E-state index contributed by atoms with van der Waals surface area (Å²) >= 11 is 5.27. The number of aliphatic hydroxyl groups excluding tert-OH is 1. The van der Waals surface area contributed by atoms with E-state index in [0.717, 1.165) is 25.9 Å². The van der Waals surface area contributed by atoms with Crippen molar-refractivity contribution in [2.24, 2.45) is 0 Å². The van der Waals surface area contributed by atoms with Crippen LogP contribution in [0.1, 0.15) is 32.6 Å². The highest BCUT2D eigenvalue weighted by Crippen LogP contribution is 2.08. The van der Waals surface area contributed by atoms with Crippen molar-refractivity contribution in [2.75, 3.05) is 12.5 Å². The molecule has 0 spiro atoms. The van der Waals surface area contributed by atoms with Crippen LogP contribution in [0.3, 0.4) is 0 Å². The van der Waals surface area contributed by atoms with Crippen LogP contribution in [-0.2, 0) is 4.74 Å². The fraction of sp³-hybridized carbons (Fsp3) is 1.00. The Morgan fingerprint density at radius 3 is 2.31 bits per heavy atom. The third-order valence-electron chi connectivity index (χ3n) is 1.64. The van der Waals surface area contributed by atoms with Gasteiger partial charge >= 0.3 is 0 Å². The second kappa shape index (κ2) is 8.75. The molecule has 1 rings (SSSR count). The minimum atomic E-state index is -1.10. The highest BCUT2D eigenvalue weighted by Gasteiger charge is 2.19. The molecule has 0 aromatic heterocycles. The number of aliphatic hydroxyl groups is 2. The van der Waals surface area contributed by atoms with E-state index in [0.29, 0.717) is 18.4 Å². The maximum atomic E-state index is 8.33. The van der Waals surface area contributed by atoms with Crippen LogP contribution in [0.5, 0.6) is 0 Å². The number of hydrogen-bond acceptors (Lipinski definition) is 3. The topological polar surface area (TPSA) is 53.0 Å². The molecular formula is C9H19ClO3. The Balaban J connectivity index is 0.000000243. The molecule has 4 heteroatoms. The maximum absolute atomic E-state index is 8.33. The van der Waals surface area contributed by atoms with Gasteiger partial charge in [-0.2, -0.15) is 0 Å². The lowest BCUT2D eigenvalue weighted by Crippen LogP contribution is -2.02. The van der Waals surface area contributed by atoms with Crippen molar-refractivity contribution >= 4 is 11.6 Å². The first kappa shape index (κ1) is 13.2. The third-order valence-corrected chi connectivity index (χ3v) is 1.98. The molecule has 0 radical (unpaired) electrons. The Bertz CT molecular complexity index is 105. The van der Waals surface area contributed by atoms with Gasteiger partial charge in [-0.3, -0.25) is 0 Å². The summed E-state index contributed by atoms with van der Waals surface area (Å²) in [6.45, 7) is 2.97. The van der Waals surface area contributed by atoms with Crippen molar-refractivity contribution in [3.63, 3.8) is 0 Å². The monoisotopic (exact) mass is 210 g/mol. The lowest BCUT2D eigenvalue weighted by molar-refractivity contribution is -0.0465. The number of halogens is 1. The van der Waals surface area contributed by atoms with Crippen LogP contribution in [0.25, 0.3) is 0 Å². The van der Waals surface area contributed by atoms with E-state index in [4.69, 9.17) is 26.6 Å². The number of ether oxygens (including phenoxy) is 1. The Hall–Kier alpha value is 0.170. The molecule has 3 nitrogen and oxygen atoms in total. The van der Waals surface area contributed by atoms with Gasteiger partial charge in [0.15, 0.2) is 6.29 Å². The van der Waals surface area contributed by atoms with Crippen molar-refractivity contribution in [2.45, 2.75) is 45.0 Å². The van der Waals surface area contributed by atoms with E-state index >= 15 is 0 Å². The normalized spacial score (nSPS) is 19.6. The number of alkyl halides is 1. The smallest absolute Gasteiger partial charge is 0.151 e. The van der Waals surface area contributed by atoms with Crippen LogP contribution in [-0.4, -0.2) is 35.1 Å². The van der Waals surface area contributed by atoms with E-state index in [1.807, 2.05) is 0 Å². The average Bonchev–Trinajstić information content (AvgIpc) is 2.88. The Morgan fingerprint density at radius 1 is 1.46 bits per heavy atom. The fourth-order valence-electron chi connectivity index (χ4n) is 0.734. The predicted octanol–water partition coefficient (Wildman–Crippen LogP) is 1.50. The Labute approximate surface area is 84.7 Å². The van der Waals surface area contributed by atoms with Crippen molar-refractivity contribution in [3.8, 4) is 0 Å². The third kappa shape index (κ3) is 12.2. The van der Waals surface area contributed by atoms with E-state index in [1.165, 1.54) is 0 Å². The van der Waals surface area contributed by atoms with E-state index in [2.05, 4.69) is 6.92 Å². The zero-order chi connectivity index (χ0) is 10.1. The highest BCUT2D eigenvalue weighted by molar-refractivity contribution is 6.18. The molecule has 1 saturated heterocycles. The maximum Gasteiger partial charge on any atom is 0.151 e. The number of hydrogen-bond donors (Lipinski definition) is 2. The minimum absolute atomic E-state index is 0.400. The molecule has 1 heterocycles. The first-order chi connectivity index (χ1) is 6.20. The van der Waals surface area contributed by atoms with Crippen LogP contribution in [0.2, 0.25) is 0 Å². The summed E-state index contributed by atoms with van der Waals surface area (Å²) in [7, 11) is 0. The average molecular weight is 211 g/mol. The van der Waals surface area contributed by atoms with Crippen LogP contribution < -0.4 is 0 Å². The first-order valence-corrected chi connectivity index (χ1v) is 5.27. The second-order valence-electron chi connectivity index (χ2n) is 3.09. The largest absolute Gasteiger partial charge is 0.372 e. The van der Waals surface area contributed by atoms with E-state index in [9.17, 15) is 0 Å². The molecular weight excluding hydrogens is 192 g/mol. The quantitative estimate of drug-likeness (QED) is 0.313. The fourth-order valence-corrected chi connectivity index (χ4v) is 0.912. The molecule has 1 aliphatic heterocycles. The Morgan fingerprint density at radius 2 is 2.08 bits per heavy atom. The van der Waals surface area contributed by atoms with Gasteiger partial charge < -0.3 is 14.9 Å². The summed E-state index contributed by atoms with van der Waals surface area (Å²) in [5, 5.41) is 16.7. The molecule has 0 amide bonds. The summed E-state index contributed by atoms with van der Waals surface area (Å²) in [5.41, 5.74) is 0. The lowest BCUT2D eigenvalue weighted by Gasteiger charge is -1.99. The van der Waals surface area contributed by atoms with E-state index < -0.39 is 6.29 Å². The number of rotatable bonds is 5. The summed E-state index contributed by atoms with van der Waals surface area (Å²) in [6, 6.07) is 0. The molecule has 0 bridgehead atoms. The zero-order valence-corrected chi connectivity index (χ0v) is 8.83. The van der Waals surface area contributed by atoms with Crippen LogP contribution in [0.15, 0.2) is 0 Å². The van der Waals surface area contributed by atoms with Crippen molar-refractivity contribution in [1.29, 1.82) is 0 Å². The van der Waals surface area contributed by atoms with Gasteiger partial charge in [-0.1, -0.05) is 19.8 Å². The summed E-state index contributed by atoms with van der Waals surface area (Å²) in [4.78, 5) is 0. The molecule has 1 aliphatic rings. The van der Waals surface area contributed by atoms with Gasteiger partial charge in [0.05, 0.1) is 18.6 Å². The zero-order valence-electron chi connectivity index (χ0n) is 8.08. The standard InChI is InChI=1S/C6H14O2.C3H5ClO/c1-2-3-4-5-6(7)8;4-1-3-2-5-3/h6-8H,2-5H2,1H3;3H,1-2H2. The molecule has 80 valence electrons. The van der Waals surface area contributed by atoms with E-state index in [-0.39, 0.29) is 0 Å². The first-order valence-electron chi connectivity index (χ1n) is 4.74. The molecule has 1 atom stereocenters. The molecule has 0 aromatic carbocycles. The van der Waals surface area contributed by atoms with Gasteiger partial charge in [-0.25, -0.2) is 0 Å². The summed E-state index contributed by atoms with van der Waals surface area (Å²) < 4.78 is 4.73. The molecule has 0 aliphatic carbocycles. The van der Waals surface area contributed by atoms with Gasteiger partial charge in [0, 0.05) is 0 Å². The van der Waals surface area contributed by atoms with Crippen molar-refractivity contribution < 1.29 is 14.9 Å². The SMILES string of the molecule is CCCCCC(O)O.ClCC1CO1. The summed E-state index contributed by atoms with van der Waals surface area (Å²) in [6.07, 6.45) is 2.98. The van der Waals surface area contributed by atoms with Crippen LogP contribution >= 0.6 is 11.6 Å². The van der Waals surface area contributed by atoms with Crippen molar-refractivity contribution in [3.05, 3.63) is 0 Å². The molecule has 13 heavy (non-hydrogen) atoms. The molecule has 0 saturated carbocycles. The van der Waals surface area contributed by atoms with E-state index in [1.54, 1.807) is 0 Å². The lowest BCUT2D eigenvalue weighted by atomic mass is 10.2. The molecule has 1 unspecified atom stereocenters. The number of epoxide rings is 1.